The monoisotopic (exact) mass is 376 g/mol. The third-order valence-electron chi connectivity index (χ3n) is 7.27. The van der Waals surface area contributed by atoms with Crippen LogP contribution in [0.1, 0.15) is 63.0 Å². The first-order valence-corrected chi connectivity index (χ1v) is 10.2. The number of carbonyl (C=O) groups is 2. The number of aromatic nitrogens is 2. The molecule has 146 valence electrons. The van der Waals surface area contributed by atoms with Gasteiger partial charge in [-0.05, 0) is 48.8 Å². The van der Waals surface area contributed by atoms with E-state index in [1.165, 1.54) is 0 Å². The SMILES string of the molecule is CCCc1c(C(=O)/C=C2/C(=O)C3(C)CC[C@@H]2C3(C)C)cnn1-c1ccccc1. The molecule has 1 unspecified atom stereocenters. The second-order valence-corrected chi connectivity index (χ2v) is 8.94. The van der Waals surface area contributed by atoms with Gasteiger partial charge in [0.25, 0.3) is 0 Å². The fourth-order valence-corrected chi connectivity index (χ4v) is 5.16. The Kier molecular flexibility index (Phi) is 4.40. The van der Waals surface area contributed by atoms with Crippen LogP contribution in [-0.2, 0) is 11.2 Å². The Balaban J connectivity index is 1.73. The van der Waals surface area contributed by atoms with Crippen molar-refractivity contribution in [3.63, 3.8) is 0 Å². The Labute approximate surface area is 166 Å². The van der Waals surface area contributed by atoms with E-state index in [1.54, 1.807) is 12.3 Å². The topological polar surface area (TPSA) is 52.0 Å². The van der Waals surface area contributed by atoms with Crippen LogP contribution in [0.25, 0.3) is 5.69 Å². The van der Waals surface area contributed by atoms with Crippen molar-refractivity contribution in [1.82, 2.24) is 9.78 Å². The van der Waals surface area contributed by atoms with E-state index in [2.05, 4.69) is 32.8 Å². The van der Waals surface area contributed by atoms with E-state index in [9.17, 15) is 9.59 Å². The molecule has 4 heteroatoms. The third-order valence-corrected chi connectivity index (χ3v) is 7.27. The highest BCUT2D eigenvalue weighted by Crippen LogP contribution is 2.65. The van der Waals surface area contributed by atoms with Gasteiger partial charge in [0.1, 0.15) is 0 Å². The molecule has 28 heavy (non-hydrogen) atoms. The Hall–Kier alpha value is -2.49. The van der Waals surface area contributed by atoms with Crippen LogP contribution in [0.2, 0.25) is 0 Å². The van der Waals surface area contributed by atoms with Crippen LogP contribution in [0.15, 0.2) is 48.2 Å². The van der Waals surface area contributed by atoms with Crippen molar-refractivity contribution in [2.24, 2.45) is 16.7 Å². The number of allylic oxidation sites excluding steroid dienone is 2. The number of hydrogen-bond acceptors (Lipinski definition) is 3. The zero-order chi connectivity index (χ0) is 20.1. The summed E-state index contributed by atoms with van der Waals surface area (Å²) in [6, 6.07) is 9.87. The maximum absolute atomic E-state index is 13.2. The van der Waals surface area contributed by atoms with Crippen molar-refractivity contribution in [2.45, 2.75) is 53.4 Å². The largest absolute Gasteiger partial charge is 0.294 e. The molecule has 0 amide bonds. The molecule has 1 aromatic heterocycles. The van der Waals surface area contributed by atoms with Gasteiger partial charge < -0.3 is 0 Å². The summed E-state index contributed by atoms with van der Waals surface area (Å²) >= 11 is 0. The fraction of sp³-hybridized carbons (Fsp3) is 0.458. The maximum Gasteiger partial charge on any atom is 0.189 e. The minimum absolute atomic E-state index is 0.0866. The molecule has 2 aromatic rings. The lowest BCUT2D eigenvalue weighted by Gasteiger charge is -2.31. The van der Waals surface area contributed by atoms with Crippen LogP contribution in [0, 0.1) is 16.7 Å². The second kappa shape index (κ2) is 6.54. The quantitative estimate of drug-likeness (QED) is 0.547. The van der Waals surface area contributed by atoms with Crippen molar-refractivity contribution in [2.75, 3.05) is 0 Å². The van der Waals surface area contributed by atoms with Crippen LogP contribution in [0.5, 0.6) is 0 Å². The van der Waals surface area contributed by atoms with Crippen LogP contribution in [0.4, 0.5) is 0 Å². The number of fused-ring (bicyclic) bond motifs is 2. The van der Waals surface area contributed by atoms with Crippen molar-refractivity contribution in [3.8, 4) is 5.69 Å². The molecule has 2 atom stereocenters. The zero-order valence-electron chi connectivity index (χ0n) is 17.2. The van der Waals surface area contributed by atoms with Gasteiger partial charge in [0.15, 0.2) is 11.6 Å². The van der Waals surface area contributed by atoms with Gasteiger partial charge in [-0.3, -0.25) is 9.59 Å². The summed E-state index contributed by atoms with van der Waals surface area (Å²) in [7, 11) is 0. The normalized spacial score (nSPS) is 26.9. The molecule has 0 radical (unpaired) electrons. The fourth-order valence-electron chi connectivity index (χ4n) is 5.16. The van der Waals surface area contributed by atoms with Crippen molar-refractivity contribution >= 4 is 11.6 Å². The van der Waals surface area contributed by atoms with Gasteiger partial charge in [0.05, 0.1) is 23.1 Å². The smallest absolute Gasteiger partial charge is 0.189 e. The molecular formula is C24H28N2O2. The predicted molar refractivity (Wildman–Crippen MR) is 110 cm³/mol. The number of rotatable bonds is 5. The summed E-state index contributed by atoms with van der Waals surface area (Å²) in [5.41, 5.74) is 2.76. The maximum atomic E-state index is 13.2. The summed E-state index contributed by atoms with van der Waals surface area (Å²) in [5.74, 6) is 0.239. The van der Waals surface area contributed by atoms with Gasteiger partial charge in [-0.25, -0.2) is 4.68 Å². The van der Waals surface area contributed by atoms with Crippen molar-refractivity contribution < 1.29 is 9.59 Å². The van der Waals surface area contributed by atoms with Crippen LogP contribution in [0.3, 0.4) is 0 Å². The van der Waals surface area contributed by atoms with E-state index in [0.717, 1.165) is 42.6 Å². The highest BCUT2D eigenvalue weighted by atomic mass is 16.1. The van der Waals surface area contributed by atoms with E-state index in [4.69, 9.17) is 0 Å². The molecule has 1 heterocycles. The van der Waals surface area contributed by atoms with E-state index in [1.807, 2.05) is 35.0 Å². The molecule has 2 aliphatic rings. The second-order valence-electron chi connectivity index (χ2n) is 8.94. The average Bonchev–Trinajstić information content (AvgIpc) is 3.23. The van der Waals surface area contributed by atoms with Crippen LogP contribution >= 0.6 is 0 Å². The molecule has 1 aromatic carbocycles. The Morgan fingerprint density at radius 1 is 1.25 bits per heavy atom. The third kappa shape index (κ3) is 2.54. The first-order chi connectivity index (χ1) is 13.3. The van der Waals surface area contributed by atoms with Gasteiger partial charge in [-0.15, -0.1) is 0 Å². The molecule has 2 saturated carbocycles. The molecule has 0 spiro atoms. The summed E-state index contributed by atoms with van der Waals surface area (Å²) < 4.78 is 1.85. The number of carbonyl (C=O) groups excluding carboxylic acids is 2. The molecule has 4 nitrogen and oxygen atoms in total. The van der Waals surface area contributed by atoms with Gasteiger partial charge in [0.2, 0.25) is 0 Å². The summed E-state index contributed by atoms with van der Waals surface area (Å²) in [5, 5.41) is 4.49. The van der Waals surface area contributed by atoms with Crippen LogP contribution in [-0.4, -0.2) is 21.3 Å². The molecular weight excluding hydrogens is 348 g/mol. The van der Waals surface area contributed by atoms with E-state index < -0.39 is 0 Å². The van der Waals surface area contributed by atoms with Gasteiger partial charge >= 0.3 is 0 Å². The highest BCUT2D eigenvalue weighted by molar-refractivity contribution is 6.13. The number of hydrogen-bond donors (Lipinski definition) is 0. The number of ketones is 2. The first-order valence-electron chi connectivity index (χ1n) is 10.2. The molecule has 0 saturated heterocycles. The van der Waals surface area contributed by atoms with Gasteiger partial charge in [0, 0.05) is 11.0 Å². The lowest BCUT2D eigenvalue weighted by Crippen LogP contribution is -2.32. The lowest BCUT2D eigenvalue weighted by molar-refractivity contribution is -0.125. The standard InChI is InChI=1S/C24H28N2O2/c1-5-9-20-18(15-25-26(20)16-10-7-6-8-11-16)21(27)14-17-19-12-13-24(4,22(17)28)23(19,2)3/h6-8,10-11,14-15,19H,5,9,12-13H2,1-4H3/b17-14+/t19-,24?/m0/s1. The summed E-state index contributed by atoms with van der Waals surface area (Å²) in [6.45, 7) is 8.50. The molecule has 0 N–H and O–H groups in total. The zero-order valence-corrected chi connectivity index (χ0v) is 17.2. The highest BCUT2D eigenvalue weighted by Gasteiger charge is 2.64. The van der Waals surface area contributed by atoms with E-state index >= 15 is 0 Å². The average molecular weight is 376 g/mol. The number of nitrogens with zero attached hydrogens (tertiary/aromatic N) is 2. The summed E-state index contributed by atoms with van der Waals surface area (Å²) in [6.07, 6.45) is 6.86. The summed E-state index contributed by atoms with van der Waals surface area (Å²) in [4.78, 5) is 26.3. The predicted octanol–water partition coefficient (Wildman–Crippen LogP) is 4.96. The molecule has 0 aliphatic heterocycles. The Morgan fingerprint density at radius 2 is 1.96 bits per heavy atom. The van der Waals surface area contributed by atoms with E-state index in [-0.39, 0.29) is 28.3 Å². The molecule has 2 fully saturated rings. The first kappa shape index (κ1) is 18.9. The minimum atomic E-state index is -0.343. The molecule has 2 aliphatic carbocycles. The number of para-hydroxylation sites is 1. The van der Waals surface area contributed by atoms with E-state index in [0.29, 0.717) is 5.56 Å². The number of benzene rings is 1. The Bertz CT molecular complexity index is 968. The minimum Gasteiger partial charge on any atom is -0.294 e. The molecule has 2 bridgehead atoms. The lowest BCUT2D eigenvalue weighted by atomic mass is 9.70. The van der Waals surface area contributed by atoms with Crippen molar-refractivity contribution in [3.05, 3.63) is 59.4 Å². The van der Waals surface area contributed by atoms with Gasteiger partial charge in [-0.1, -0.05) is 52.3 Å². The van der Waals surface area contributed by atoms with Crippen LogP contribution < -0.4 is 0 Å². The number of Topliss-reactive ketones (excluding diaryl/α,β-unsaturated/α-hetero) is 1. The van der Waals surface area contributed by atoms with Gasteiger partial charge in [-0.2, -0.15) is 5.10 Å². The molecule has 4 rings (SSSR count). The Morgan fingerprint density at radius 3 is 2.57 bits per heavy atom. The van der Waals surface area contributed by atoms with Crippen molar-refractivity contribution in [1.29, 1.82) is 0 Å².